The molecule has 0 bridgehead atoms. The van der Waals surface area contributed by atoms with Crippen LogP contribution in [0.25, 0.3) is 0 Å². The zero-order chi connectivity index (χ0) is 19.6. The van der Waals surface area contributed by atoms with Gasteiger partial charge in [-0.05, 0) is 36.1 Å². The first-order valence-electron chi connectivity index (χ1n) is 9.38. The van der Waals surface area contributed by atoms with Crippen molar-refractivity contribution in [3.63, 3.8) is 0 Å². The summed E-state index contributed by atoms with van der Waals surface area (Å²) in [4.78, 5) is 24.4. The Balaban J connectivity index is 1.75. The zero-order valence-electron chi connectivity index (χ0n) is 16.1. The summed E-state index contributed by atoms with van der Waals surface area (Å²) in [6.45, 7) is 4.88. The number of amides is 1. The predicted octanol–water partition coefficient (Wildman–Crippen LogP) is 2.44. The van der Waals surface area contributed by atoms with E-state index in [1.54, 1.807) is 12.1 Å². The second-order valence-electron chi connectivity index (χ2n) is 7.01. The highest BCUT2D eigenvalue weighted by Gasteiger charge is 2.15. The molecule has 2 rings (SSSR count). The molecule has 4 N–H and O–H groups in total. The molecule has 0 saturated heterocycles. The number of hydrogen-bond acceptors (Lipinski definition) is 4. The molecule has 0 aliphatic carbocycles. The Morgan fingerprint density at radius 2 is 1.63 bits per heavy atom. The van der Waals surface area contributed by atoms with Gasteiger partial charge in [0.2, 0.25) is 0 Å². The van der Waals surface area contributed by atoms with Crippen molar-refractivity contribution in [1.82, 2.24) is 10.6 Å². The number of carbonyl (C=O) groups excluding carboxylic acids is 2. The lowest BCUT2D eigenvalue weighted by Crippen LogP contribution is -2.40. The van der Waals surface area contributed by atoms with Gasteiger partial charge in [-0.3, -0.25) is 9.59 Å². The lowest BCUT2D eigenvalue weighted by atomic mass is 10.0. The van der Waals surface area contributed by atoms with E-state index < -0.39 is 6.04 Å². The molecular weight excluding hydrogens is 338 g/mol. The number of nitrogens with one attached hydrogen (secondary N) is 2. The number of rotatable bonds is 10. The fourth-order valence-electron chi connectivity index (χ4n) is 2.62. The molecule has 1 atom stereocenters. The first-order valence-corrected chi connectivity index (χ1v) is 9.38. The molecule has 1 amide bonds. The van der Waals surface area contributed by atoms with Gasteiger partial charge < -0.3 is 16.4 Å². The summed E-state index contributed by atoms with van der Waals surface area (Å²) < 4.78 is 0. The van der Waals surface area contributed by atoms with Crippen LogP contribution in [0.1, 0.15) is 41.8 Å². The number of nitrogens with two attached hydrogens (primary N) is 1. The lowest BCUT2D eigenvalue weighted by Gasteiger charge is -2.12. The maximum absolute atomic E-state index is 12.2. The van der Waals surface area contributed by atoms with Gasteiger partial charge in [0.05, 0.1) is 12.6 Å². The monoisotopic (exact) mass is 367 g/mol. The maximum atomic E-state index is 12.2. The van der Waals surface area contributed by atoms with Crippen LogP contribution >= 0.6 is 0 Å². The molecule has 0 radical (unpaired) electrons. The normalized spacial score (nSPS) is 12.0. The van der Waals surface area contributed by atoms with Crippen molar-refractivity contribution in [3.8, 4) is 0 Å². The van der Waals surface area contributed by atoms with Crippen LogP contribution in [0, 0.1) is 0 Å². The fraction of sp³-hybridized carbons (Fsp3) is 0.364. The van der Waals surface area contributed by atoms with Crippen LogP contribution in [0.4, 0.5) is 0 Å². The van der Waals surface area contributed by atoms with Crippen LogP contribution in [0.15, 0.2) is 54.6 Å². The fourth-order valence-corrected chi connectivity index (χ4v) is 2.62. The second kappa shape index (κ2) is 10.6. The van der Waals surface area contributed by atoms with Gasteiger partial charge in [0.15, 0.2) is 5.78 Å². The van der Waals surface area contributed by atoms with Crippen molar-refractivity contribution < 1.29 is 9.59 Å². The summed E-state index contributed by atoms with van der Waals surface area (Å²) in [5, 5.41) is 5.99. The molecule has 0 spiro atoms. The molecular formula is C22H29N3O2. The standard InChI is InChI=1S/C22H29N3O2/c1-16(2)24-14-18-8-11-19(12-9-18)22(27)25-15-21(26)20(23)13-10-17-6-4-3-5-7-17/h3-9,11-12,16,20,24H,10,13-15,23H2,1-2H3,(H,25,27)/t20-/m1/s1. The minimum absolute atomic E-state index is 0.0502. The van der Waals surface area contributed by atoms with Gasteiger partial charge in [-0.15, -0.1) is 0 Å². The SMILES string of the molecule is CC(C)NCc1ccc(C(=O)NCC(=O)[C@H](N)CCc2ccccc2)cc1. The predicted molar refractivity (Wildman–Crippen MR) is 108 cm³/mol. The Morgan fingerprint density at radius 3 is 2.26 bits per heavy atom. The van der Waals surface area contributed by atoms with E-state index >= 15 is 0 Å². The number of Topliss-reactive ketones (excluding diaryl/α,β-unsaturated/α-hetero) is 1. The molecule has 144 valence electrons. The minimum Gasteiger partial charge on any atom is -0.345 e. The summed E-state index contributed by atoms with van der Waals surface area (Å²) in [5.74, 6) is -0.418. The van der Waals surface area contributed by atoms with Crippen LogP contribution in [0.2, 0.25) is 0 Å². The van der Waals surface area contributed by atoms with Crippen LogP contribution < -0.4 is 16.4 Å². The largest absolute Gasteiger partial charge is 0.345 e. The highest BCUT2D eigenvalue weighted by Crippen LogP contribution is 2.06. The number of benzene rings is 2. The molecule has 2 aromatic carbocycles. The summed E-state index contributed by atoms with van der Waals surface area (Å²) >= 11 is 0. The lowest BCUT2D eigenvalue weighted by molar-refractivity contribution is -0.119. The van der Waals surface area contributed by atoms with Crippen LogP contribution in [-0.4, -0.2) is 30.3 Å². The van der Waals surface area contributed by atoms with Crippen molar-refractivity contribution in [2.45, 2.75) is 45.3 Å². The van der Waals surface area contributed by atoms with E-state index in [-0.39, 0.29) is 18.2 Å². The molecule has 5 heteroatoms. The molecule has 0 unspecified atom stereocenters. The number of hydrogen-bond donors (Lipinski definition) is 3. The van der Waals surface area contributed by atoms with Crippen molar-refractivity contribution in [2.24, 2.45) is 5.73 Å². The van der Waals surface area contributed by atoms with Gasteiger partial charge in [-0.25, -0.2) is 0 Å². The minimum atomic E-state index is -0.574. The molecule has 0 aliphatic heterocycles. The van der Waals surface area contributed by atoms with Crippen LogP contribution in [-0.2, 0) is 17.8 Å². The van der Waals surface area contributed by atoms with Crippen molar-refractivity contribution in [3.05, 3.63) is 71.3 Å². The zero-order valence-corrected chi connectivity index (χ0v) is 16.1. The Morgan fingerprint density at radius 1 is 0.963 bits per heavy atom. The Hall–Kier alpha value is -2.50. The van der Waals surface area contributed by atoms with Crippen molar-refractivity contribution in [1.29, 1.82) is 0 Å². The van der Waals surface area contributed by atoms with E-state index in [2.05, 4.69) is 24.5 Å². The summed E-state index contributed by atoms with van der Waals surface area (Å²) in [5.41, 5.74) is 8.76. The summed E-state index contributed by atoms with van der Waals surface area (Å²) in [6.07, 6.45) is 1.31. The highest BCUT2D eigenvalue weighted by atomic mass is 16.2. The van der Waals surface area contributed by atoms with E-state index in [4.69, 9.17) is 5.73 Å². The van der Waals surface area contributed by atoms with Gasteiger partial charge >= 0.3 is 0 Å². The molecule has 5 nitrogen and oxygen atoms in total. The number of ketones is 1. The average molecular weight is 367 g/mol. The summed E-state index contributed by atoms with van der Waals surface area (Å²) in [6, 6.07) is 17.1. The summed E-state index contributed by atoms with van der Waals surface area (Å²) in [7, 11) is 0. The molecule has 0 fully saturated rings. The van der Waals surface area contributed by atoms with E-state index in [0.29, 0.717) is 18.0 Å². The smallest absolute Gasteiger partial charge is 0.251 e. The van der Waals surface area contributed by atoms with Gasteiger partial charge in [0.25, 0.3) is 5.91 Å². The van der Waals surface area contributed by atoms with E-state index in [1.807, 2.05) is 42.5 Å². The molecule has 27 heavy (non-hydrogen) atoms. The highest BCUT2D eigenvalue weighted by molar-refractivity contribution is 5.97. The third-order valence-electron chi connectivity index (χ3n) is 4.35. The van der Waals surface area contributed by atoms with Crippen LogP contribution in [0.3, 0.4) is 0 Å². The second-order valence-corrected chi connectivity index (χ2v) is 7.01. The Kier molecular flexibility index (Phi) is 8.17. The molecule has 0 saturated carbocycles. The third-order valence-corrected chi connectivity index (χ3v) is 4.35. The molecule has 0 aromatic heterocycles. The van der Waals surface area contributed by atoms with Crippen molar-refractivity contribution in [2.75, 3.05) is 6.54 Å². The average Bonchev–Trinajstić information content (AvgIpc) is 2.69. The first kappa shape index (κ1) is 20.8. The van der Waals surface area contributed by atoms with E-state index in [1.165, 1.54) is 0 Å². The maximum Gasteiger partial charge on any atom is 0.251 e. The quantitative estimate of drug-likeness (QED) is 0.602. The van der Waals surface area contributed by atoms with Crippen molar-refractivity contribution >= 4 is 11.7 Å². The number of aryl methyl sites for hydroxylation is 1. The van der Waals surface area contributed by atoms with E-state index in [9.17, 15) is 9.59 Å². The number of carbonyl (C=O) groups is 2. The van der Waals surface area contributed by atoms with Gasteiger partial charge in [0, 0.05) is 18.2 Å². The van der Waals surface area contributed by atoms with Crippen LogP contribution in [0.5, 0.6) is 0 Å². The van der Waals surface area contributed by atoms with Gasteiger partial charge in [-0.2, -0.15) is 0 Å². The molecule has 0 aliphatic rings. The first-order chi connectivity index (χ1) is 13.0. The molecule has 0 heterocycles. The third kappa shape index (κ3) is 7.33. The topological polar surface area (TPSA) is 84.2 Å². The Bertz CT molecular complexity index is 727. The van der Waals surface area contributed by atoms with Gasteiger partial charge in [0.1, 0.15) is 0 Å². The molecule has 2 aromatic rings. The van der Waals surface area contributed by atoms with Gasteiger partial charge in [-0.1, -0.05) is 56.3 Å². The van der Waals surface area contributed by atoms with E-state index in [0.717, 1.165) is 24.1 Å². The Labute approximate surface area is 161 Å².